The Morgan fingerprint density at radius 2 is 2.29 bits per heavy atom. The summed E-state index contributed by atoms with van der Waals surface area (Å²) in [6, 6.07) is 6.77. The third-order valence-electron chi connectivity index (χ3n) is 3.45. The quantitative estimate of drug-likeness (QED) is 0.753. The molecule has 0 radical (unpaired) electrons. The van der Waals surface area contributed by atoms with Gasteiger partial charge in [-0.2, -0.15) is 0 Å². The minimum atomic E-state index is 0.336. The first-order valence-corrected chi connectivity index (χ1v) is 8.48. The van der Waals surface area contributed by atoms with E-state index in [4.69, 9.17) is 4.74 Å². The van der Waals surface area contributed by atoms with Gasteiger partial charge in [0.2, 0.25) is 0 Å². The average Bonchev–Trinajstić information content (AvgIpc) is 3.03. The Morgan fingerprint density at radius 3 is 3.00 bits per heavy atom. The van der Waals surface area contributed by atoms with Crippen LogP contribution in [0.25, 0.3) is 0 Å². The lowest BCUT2D eigenvalue weighted by Gasteiger charge is -2.17. The molecular formula is C17H24N2OS. The topological polar surface area (TPSA) is 34.1 Å². The maximum Gasteiger partial charge on any atom is 0.137 e. The molecule has 2 rings (SSSR count). The van der Waals surface area contributed by atoms with Crippen molar-refractivity contribution in [1.29, 1.82) is 0 Å². The largest absolute Gasteiger partial charge is 0.492 e. The van der Waals surface area contributed by atoms with Gasteiger partial charge in [0.25, 0.3) is 0 Å². The zero-order chi connectivity index (χ0) is 14.9. The number of hydrogen-bond acceptors (Lipinski definition) is 4. The summed E-state index contributed by atoms with van der Waals surface area (Å²) < 4.78 is 5.67. The fraction of sp³-hybridized carbons (Fsp3) is 0.471. The summed E-state index contributed by atoms with van der Waals surface area (Å²) in [4.78, 5) is 5.76. The molecule has 0 bridgehead atoms. The van der Waals surface area contributed by atoms with E-state index in [-0.39, 0.29) is 0 Å². The fourth-order valence-corrected chi connectivity index (χ4v) is 3.09. The molecule has 3 nitrogen and oxygen atoms in total. The normalized spacial score (nSPS) is 12.3. The third kappa shape index (κ3) is 5.14. The Bertz CT molecular complexity index is 513. The molecule has 2 aromatic rings. The Morgan fingerprint density at radius 1 is 1.38 bits per heavy atom. The second-order valence-corrected chi connectivity index (χ2v) is 6.15. The molecule has 21 heavy (non-hydrogen) atoms. The summed E-state index contributed by atoms with van der Waals surface area (Å²) in [5.74, 6) is 0.868. The molecule has 1 N–H and O–H groups in total. The van der Waals surface area contributed by atoms with E-state index in [0.29, 0.717) is 6.04 Å². The van der Waals surface area contributed by atoms with Gasteiger partial charge in [-0.25, -0.2) is 0 Å². The van der Waals surface area contributed by atoms with Crippen molar-refractivity contribution in [2.75, 3.05) is 13.7 Å². The van der Waals surface area contributed by atoms with Crippen LogP contribution in [0.15, 0.2) is 36.0 Å². The zero-order valence-electron chi connectivity index (χ0n) is 12.8. The molecule has 0 saturated carbocycles. The van der Waals surface area contributed by atoms with Crippen molar-refractivity contribution in [3.05, 3.63) is 46.4 Å². The molecule has 2 heterocycles. The number of ether oxygens (including phenoxy) is 1. The maximum absolute atomic E-state index is 5.67. The average molecular weight is 304 g/mol. The van der Waals surface area contributed by atoms with Gasteiger partial charge >= 0.3 is 0 Å². The van der Waals surface area contributed by atoms with Gasteiger partial charge in [0.1, 0.15) is 5.75 Å². The second-order valence-electron chi connectivity index (χ2n) is 5.12. The van der Waals surface area contributed by atoms with Crippen LogP contribution in [0.3, 0.4) is 0 Å². The molecule has 1 unspecified atom stereocenters. The van der Waals surface area contributed by atoms with Crippen LogP contribution < -0.4 is 10.1 Å². The standard InChI is InChI=1S/C17H24N2OS/c1-3-9-20-15-11-14(12-19-13-15)17(18-2)8-4-6-16-7-5-10-21-16/h5,7,10-13,17-18H,3-4,6,8-9H2,1-2H3. The van der Waals surface area contributed by atoms with Gasteiger partial charge in [-0.15, -0.1) is 11.3 Å². The van der Waals surface area contributed by atoms with E-state index in [1.165, 1.54) is 16.9 Å². The zero-order valence-corrected chi connectivity index (χ0v) is 13.7. The van der Waals surface area contributed by atoms with Crippen LogP contribution in [0.2, 0.25) is 0 Å². The lowest BCUT2D eigenvalue weighted by atomic mass is 10.0. The van der Waals surface area contributed by atoms with Gasteiger partial charge in [-0.05, 0) is 55.8 Å². The molecule has 2 aromatic heterocycles. The number of thiophene rings is 1. The van der Waals surface area contributed by atoms with Crippen LogP contribution in [-0.2, 0) is 6.42 Å². The van der Waals surface area contributed by atoms with E-state index in [1.54, 1.807) is 6.20 Å². The number of hydrogen-bond donors (Lipinski definition) is 1. The van der Waals surface area contributed by atoms with E-state index in [1.807, 2.05) is 24.6 Å². The number of nitrogens with one attached hydrogen (secondary N) is 1. The first kappa shape index (κ1) is 16.0. The Kier molecular flexibility index (Phi) is 6.70. The van der Waals surface area contributed by atoms with E-state index in [9.17, 15) is 0 Å². The number of aromatic nitrogens is 1. The van der Waals surface area contributed by atoms with Crippen LogP contribution in [-0.4, -0.2) is 18.6 Å². The van der Waals surface area contributed by atoms with Gasteiger partial charge in [0, 0.05) is 17.1 Å². The Hall–Kier alpha value is -1.39. The van der Waals surface area contributed by atoms with Gasteiger partial charge in [-0.1, -0.05) is 13.0 Å². The summed E-state index contributed by atoms with van der Waals surface area (Å²) in [5.41, 5.74) is 1.21. The van der Waals surface area contributed by atoms with Crippen molar-refractivity contribution in [3.8, 4) is 5.75 Å². The predicted molar refractivity (Wildman–Crippen MR) is 89.1 cm³/mol. The van der Waals surface area contributed by atoms with E-state index in [0.717, 1.165) is 31.6 Å². The number of rotatable bonds is 9. The van der Waals surface area contributed by atoms with Crippen LogP contribution in [0.4, 0.5) is 0 Å². The highest BCUT2D eigenvalue weighted by Gasteiger charge is 2.10. The Labute approximate surface area is 131 Å². The molecule has 0 aliphatic heterocycles. The molecule has 0 amide bonds. The van der Waals surface area contributed by atoms with Crippen molar-refractivity contribution in [2.24, 2.45) is 0 Å². The highest BCUT2D eigenvalue weighted by atomic mass is 32.1. The molecule has 114 valence electrons. The monoisotopic (exact) mass is 304 g/mol. The SMILES string of the molecule is CCCOc1cncc(C(CCCc2cccs2)NC)c1. The molecule has 4 heteroatoms. The van der Waals surface area contributed by atoms with Gasteiger partial charge in [0.15, 0.2) is 0 Å². The van der Waals surface area contributed by atoms with Gasteiger partial charge in [0.05, 0.1) is 12.8 Å². The minimum Gasteiger partial charge on any atom is -0.492 e. The number of aryl methyl sites for hydroxylation is 1. The van der Waals surface area contributed by atoms with E-state index in [2.05, 4.69) is 40.8 Å². The summed E-state index contributed by atoms with van der Waals surface area (Å²) in [6.07, 6.45) is 8.16. The van der Waals surface area contributed by atoms with Crippen molar-refractivity contribution >= 4 is 11.3 Å². The van der Waals surface area contributed by atoms with Crippen LogP contribution >= 0.6 is 11.3 Å². The maximum atomic E-state index is 5.67. The lowest BCUT2D eigenvalue weighted by molar-refractivity contribution is 0.315. The summed E-state index contributed by atoms with van der Waals surface area (Å²) in [6.45, 7) is 2.85. The first-order valence-electron chi connectivity index (χ1n) is 7.61. The fourth-order valence-electron chi connectivity index (χ4n) is 2.34. The van der Waals surface area contributed by atoms with Gasteiger partial charge in [-0.3, -0.25) is 4.98 Å². The first-order chi connectivity index (χ1) is 10.3. The summed E-state index contributed by atoms with van der Waals surface area (Å²) >= 11 is 1.84. The summed E-state index contributed by atoms with van der Waals surface area (Å²) in [7, 11) is 2.01. The minimum absolute atomic E-state index is 0.336. The molecule has 0 aliphatic rings. The molecule has 1 atom stereocenters. The van der Waals surface area contributed by atoms with Crippen LogP contribution in [0.1, 0.15) is 42.7 Å². The molecule has 0 aromatic carbocycles. The number of pyridine rings is 1. The van der Waals surface area contributed by atoms with Crippen molar-refractivity contribution < 1.29 is 4.74 Å². The highest BCUT2D eigenvalue weighted by molar-refractivity contribution is 7.09. The molecule has 0 saturated heterocycles. The van der Waals surface area contributed by atoms with Crippen molar-refractivity contribution in [1.82, 2.24) is 10.3 Å². The molecule has 0 fully saturated rings. The highest BCUT2D eigenvalue weighted by Crippen LogP contribution is 2.23. The van der Waals surface area contributed by atoms with Crippen LogP contribution in [0, 0.1) is 0 Å². The smallest absolute Gasteiger partial charge is 0.137 e. The summed E-state index contributed by atoms with van der Waals surface area (Å²) in [5, 5.41) is 5.53. The molecular weight excluding hydrogens is 280 g/mol. The van der Waals surface area contributed by atoms with E-state index >= 15 is 0 Å². The predicted octanol–water partition coefficient (Wildman–Crippen LogP) is 4.22. The molecule has 0 spiro atoms. The lowest BCUT2D eigenvalue weighted by Crippen LogP contribution is -2.17. The van der Waals surface area contributed by atoms with Crippen molar-refractivity contribution in [3.63, 3.8) is 0 Å². The molecule has 0 aliphatic carbocycles. The van der Waals surface area contributed by atoms with Crippen molar-refractivity contribution in [2.45, 2.75) is 38.6 Å². The van der Waals surface area contributed by atoms with Gasteiger partial charge < -0.3 is 10.1 Å². The Balaban J connectivity index is 1.90. The number of nitrogens with zero attached hydrogens (tertiary/aromatic N) is 1. The van der Waals surface area contributed by atoms with E-state index < -0.39 is 0 Å². The van der Waals surface area contributed by atoms with Crippen LogP contribution in [0.5, 0.6) is 5.75 Å². The third-order valence-corrected chi connectivity index (χ3v) is 4.39. The second kappa shape index (κ2) is 8.80.